The summed E-state index contributed by atoms with van der Waals surface area (Å²) in [5, 5.41) is 9.12. The molecule has 0 spiro atoms. The summed E-state index contributed by atoms with van der Waals surface area (Å²) in [5.41, 5.74) is 2.04. The lowest BCUT2D eigenvalue weighted by molar-refractivity contribution is 0.404. The van der Waals surface area contributed by atoms with Crippen molar-refractivity contribution >= 4 is 0 Å². The molecule has 0 atom stereocenters. The highest BCUT2D eigenvalue weighted by molar-refractivity contribution is 5.68. The van der Waals surface area contributed by atoms with Crippen LogP contribution in [0, 0.1) is 18.3 Å². The van der Waals surface area contributed by atoms with Gasteiger partial charge in [-0.05, 0) is 25.1 Å². The second kappa shape index (κ2) is 5.02. The predicted octanol–water partition coefficient (Wildman–Crippen LogP) is 2.28. The van der Waals surface area contributed by atoms with Gasteiger partial charge in [0.15, 0.2) is 0 Å². The smallest absolute Gasteiger partial charge is 0.144 e. The van der Waals surface area contributed by atoms with Crippen LogP contribution in [0.1, 0.15) is 11.4 Å². The van der Waals surface area contributed by atoms with E-state index < -0.39 is 0 Å². The monoisotopic (exact) mass is 257 g/mol. The number of hydrogen-bond donors (Lipinski definition) is 0. The van der Waals surface area contributed by atoms with E-state index in [-0.39, 0.29) is 0 Å². The maximum atomic E-state index is 9.12. The van der Waals surface area contributed by atoms with Crippen molar-refractivity contribution in [1.82, 2.24) is 9.55 Å². The Hall–Kier alpha value is -2.48. The predicted molar refractivity (Wildman–Crippen MR) is 71.2 cm³/mol. The molecule has 0 N–H and O–H groups in total. The molecule has 0 aliphatic rings. The van der Waals surface area contributed by atoms with Crippen molar-refractivity contribution in [2.45, 2.75) is 6.92 Å². The molecule has 1 heterocycles. The fraction of sp³-hybridized carbons (Fsp3) is 0.286. The van der Waals surface area contributed by atoms with Gasteiger partial charge in [0.25, 0.3) is 0 Å². The Morgan fingerprint density at radius 3 is 2.53 bits per heavy atom. The normalized spacial score (nSPS) is 10.1. The lowest BCUT2D eigenvalue weighted by atomic mass is 10.1. The molecule has 2 rings (SSSR count). The summed E-state index contributed by atoms with van der Waals surface area (Å²) in [6.45, 7) is 1.81. The average Bonchev–Trinajstić information content (AvgIpc) is 2.72. The minimum Gasteiger partial charge on any atom is -0.497 e. The number of benzene rings is 1. The molecule has 19 heavy (non-hydrogen) atoms. The maximum absolute atomic E-state index is 9.12. The van der Waals surface area contributed by atoms with E-state index in [9.17, 15) is 0 Å². The van der Waals surface area contributed by atoms with Gasteiger partial charge in [0.2, 0.25) is 0 Å². The number of methoxy groups -OCH3 is 2. The van der Waals surface area contributed by atoms with Crippen molar-refractivity contribution in [3.05, 3.63) is 29.6 Å². The molecule has 0 unspecified atom stereocenters. The van der Waals surface area contributed by atoms with E-state index in [0.717, 1.165) is 11.3 Å². The quantitative estimate of drug-likeness (QED) is 0.846. The highest BCUT2D eigenvalue weighted by Crippen LogP contribution is 2.33. The van der Waals surface area contributed by atoms with Gasteiger partial charge in [0.05, 0.1) is 25.5 Å². The summed E-state index contributed by atoms with van der Waals surface area (Å²) in [7, 11) is 5.02. The molecule has 0 saturated heterocycles. The van der Waals surface area contributed by atoms with Gasteiger partial charge in [0.1, 0.15) is 29.1 Å². The highest BCUT2D eigenvalue weighted by atomic mass is 16.5. The van der Waals surface area contributed by atoms with Gasteiger partial charge in [-0.3, -0.25) is 0 Å². The second-order valence-electron chi connectivity index (χ2n) is 4.11. The van der Waals surface area contributed by atoms with E-state index in [2.05, 4.69) is 11.1 Å². The molecule has 1 aromatic carbocycles. The third-order valence-corrected chi connectivity index (χ3v) is 3.02. The molecular weight excluding hydrogens is 242 g/mol. The number of hydrogen-bond acceptors (Lipinski definition) is 4. The Kier molecular flexibility index (Phi) is 3.43. The van der Waals surface area contributed by atoms with Crippen LogP contribution in [0.15, 0.2) is 18.2 Å². The van der Waals surface area contributed by atoms with Crippen LogP contribution in [0.25, 0.3) is 11.4 Å². The standard InChI is InChI=1S/C14H15N3O2/c1-9-12(8-15)17(2)14(16-9)11-7-10(18-3)5-6-13(11)19-4/h5-7H,1-4H3. The molecule has 2 aromatic rings. The van der Waals surface area contributed by atoms with E-state index in [1.807, 2.05) is 32.2 Å². The fourth-order valence-corrected chi connectivity index (χ4v) is 2.02. The second-order valence-corrected chi connectivity index (χ2v) is 4.11. The number of nitrogens with zero attached hydrogens (tertiary/aromatic N) is 3. The van der Waals surface area contributed by atoms with E-state index in [1.165, 1.54) is 0 Å². The van der Waals surface area contributed by atoms with E-state index in [0.29, 0.717) is 23.0 Å². The largest absolute Gasteiger partial charge is 0.497 e. The van der Waals surface area contributed by atoms with Crippen molar-refractivity contribution in [3.8, 4) is 29.0 Å². The van der Waals surface area contributed by atoms with Gasteiger partial charge >= 0.3 is 0 Å². The van der Waals surface area contributed by atoms with Gasteiger partial charge in [-0.1, -0.05) is 0 Å². The molecule has 1 aromatic heterocycles. The number of rotatable bonds is 3. The first-order chi connectivity index (χ1) is 9.12. The van der Waals surface area contributed by atoms with Crippen molar-refractivity contribution in [1.29, 1.82) is 5.26 Å². The molecule has 0 bridgehead atoms. The van der Waals surface area contributed by atoms with Crippen molar-refractivity contribution in [2.75, 3.05) is 14.2 Å². The zero-order valence-corrected chi connectivity index (χ0v) is 11.4. The Morgan fingerprint density at radius 1 is 1.26 bits per heavy atom. The molecule has 5 nitrogen and oxygen atoms in total. The van der Waals surface area contributed by atoms with Crippen LogP contribution in [0.4, 0.5) is 0 Å². The number of imidazole rings is 1. The van der Waals surface area contributed by atoms with Crippen LogP contribution >= 0.6 is 0 Å². The van der Waals surface area contributed by atoms with Crippen molar-refractivity contribution in [2.24, 2.45) is 7.05 Å². The first-order valence-corrected chi connectivity index (χ1v) is 5.78. The van der Waals surface area contributed by atoms with Crippen LogP contribution in [0.2, 0.25) is 0 Å². The highest BCUT2D eigenvalue weighted by Gasteiger charge is 2.17. The van der Waals surface area contributed by atoms with Gasteiger partial charge < -0.3 is 14.0 Å². The summed E-state index contributed by atoms with van der Waals surface area (Å²) >= 11 is 0. The summed E-state index contributed by atoms with van der Waals surface area (Å²) in [6.07, 6.45) is 0. The van der Waals surface area contributed by atoms with E-state index in [4.69, 9.17) is 14.7 Å². The lowest BCUT2D eigenvalue weighted by Crippen LogP contribution is -1.98. The Balaban J connectivity index is 2.67. The molecule has 5 heteroatoms. The van der Waals surface area contributed by atoms with Crippen molar-refractivity contribution < 1.29 is 9.47 Å². The van der Waals surface area contributed by atoms with Crippen LogP contribution in [0.5, 0.6) is 11.5 Å². The van der Waals surface area contributed by atoms with Gasteiger partial charge in [0, 0.05) is 7.05 Å². The van der Waals surface area contributed by atoms with E-state index in [1.54, 1.807) is 18.8 Å². The Bertz CT molecular complexity index is 653. The summed E-state index contributed by atoms with van der Waals surface area (Å²) < 4.78 is 12.3. The molecule has 0 aliphatic heterocycles. The number of ether oxygens (including phenoxy) is 2. The topological polar surface area (TPSA) is 60.1 Å². The molecule has 0 amide bonds. The first kappa shape index (κ1) is 13.0. The van der Waals surface area contributed by atoms with Crippen LogP contribution in [0.3, 0.4) is 0 Å². The van der Waals surface area contributed by atoms with Crippen LogP contribution in [-0.2, 0) is 7.05 Å². The summed E-state index contributed by atoms with van der Waals surface area (Å²) in [5.74, 6) is 2.10. The van der Waals surface area contributed by atoms with Gasteiger partial charge in [-0.2, -0.15) is 5.26 Å². The Morgan fingerprint density at radius 2 is 2.00 bits per heavy atom. The molecule has 0 fully saturated rings. The Labute approximate surface area is 112 Å². The third-order valence-electron chi connectivity index (χ3n) is 3.02. The number of aromatic nitrogens is 2. The fourth-order valence-electron chi connectivity index (χ4n) is 2.02. The minimum atomic E-state index is 0.542. The minimum absolute atomic E-state index is 0.542. The molecule has 0 radical (unpaired) electrons. The van der Waals surface area contributed by atoms with Gasteiger partial charge in [-0.15, -0.1) is 0 Å². The average molecular weight is 257 g/mol. The zero-order chi connectivity index (χ0) is 14.0. The zero-order valence-electron chi connectivity index (χ0n) is 11.4. The number of nitriles is 1. The maximum Gasteiger partial charge on any atom is 0.144 e. The summed E-state index contributed by atoms with van der Waals surface area (Å²) in [6, 6.07) is 7.64. The molecule has 98 valence electrons. The first-order valence-electron chi connectivity index (χ1n) is 5.78. The molecule has 0 aliphatic carbocycles. The van der Waals surface area contributed by atoms with Crippen LogP contribution < -0.4 is 9.47 Å². The van der Waals surface area contributed by atoms with Crippen LogP contribution in [-0.4, -0.2) is 23.8 Å². The third kappa shape index (κ3) is 2.13. The molecule has 0 saturated carbocycles. The van der Waals surface area contributed by atoms with Gasteiger partial charge in [-0.25, -0.2) is 4.98 Å². The van der Waals surface area contributed by atoms with Crippen molar-refractivity contribution in [3.63, 3.8) is 0 Å². The number of aryl methyl sites for hydroxylation is 1. The molecular formula is C14H15N3O2. The van der Waals surface area contributed by atoms with E-state index >= 15 is 0 Å². The lowest BCUT2D eigenvalue weighted by Gasteiger charge is -2.10. The SMILES string of the molecule is COc1ccc(OC)c(-c2nc(C)c(C#N)n2C)c1. The summed E-state index contributed by atoms with van der Waals surface area (Å²) in [4.78, 5) is 4.44.